The number of benzene rings is 1. The molecule has 0 spiro atoms. The Morgan fingerprint density at radius 3 is 2.37 bits per heavy atom. The van der Waals surface area contributed by atoms with Gasteiger partial charge in [0.1, 0.15) is 5.69 Å². The van der Waals surface area contributed by atoms with Gasteiger partial charge >= 0.3 is 0 Å². The number of carbonyl (C=O) groups excluding carboxylic acids is 2. The number of nitrogens with zero attached hydrogens (tertiary/aromatic N) is 4. The lowest BCUT2D eigenvalue weighted by Gasteiger charge is -2.36. The minimum Gasteiger partial charge on any atom is -0.379 e. The molecule has 7 heteroatoms. The summed E-state index contributed by atoms with van der Waals surface area (Å²) in [5.74, 6) is 0.0638. The molecule has 1 aromatic carbocycles. The molecule has 2 amide bonds. The third kappa shape index (κ3) is 4.09. The lowest BCUT2D eigenvalue weighted by molar-refractivity contribution is -0.134. The van der Waals surface area contributed by atoms with Crippen molar-refractivity contribution in [1.29, 1.82) is 0 Å². The molecule has 2 aliphatic rings. The van der Waals surface area contributed by atoms with Crippen LogP contribution in [0.15, 0.2) is 36.4 Å². The van der Waals surface area contributed by atoms with E-state index in [9.17, 15) is 9.59 Å². The highest BCUT2D eigenvalue weighted by atomic mass is 16.5. The summed E-state index contributed by atoms with van der Waals surface area (Å²) >= 11 is 0. The summed E-state index contributed by atoms with van der Waals surface area (Å²) in [5, 5.41) is 1.02. The van der Waals surface area contributed by atoms with Crippen LogP contribution in [-0.4, -0.2) is 90.5 Å². The first-order valence-electron chi connectivity index (χ1n) is 9.44. The van der Waals surface area contributed by atoms with E-state index >= 15 is 0 Å². The number of morpholine rings is 1. The molecular weight excluding hydrogens is 344 g/mol. The van der Waals surface area contributed by atoms with Gasteiger partial charge < -0.3 is 14.5 Å². The first-order valence-corrected chi connectivity index (χ1v) is 9.44. The van der Waals surface area contributed by atoms with Crippen LogP contribution in [0, 0.1) is 0 Å². The molecule has 3 heterocycles. The van der Waals surface area contributed by atoms with Crippen molar-refractivity contribution in [1.82, 2.24) is 19.7 Å². The fourth-order valence-electron chi connectivity index (χ4n) is 3.56. The number of carbonyl (C=O) groups is 2. The molecule has 2 fully saturated rings. The molecule has 7 nitrogen and oxygen atoms in total. The molecule has 142 valence electrons. The number of piperazine rings is 1. The monoisotopic (exact) mass is 368 g/mol. The fourth-order valence-corrected chi connectivity index (χ4v) is 3.56. The Morgan fingerprint density at radius 2 is 1.59 bits per heavy atom. The van der Waals surface area contributed by atoms with Crippen LogP contribution in [0.4, 0.5) is 0 Å². The minimum absolute atomic E-state index is 0.0685. The van der Waals surface area contributed by atoms with E-state index < -0.39 is 0 Å². The molecule has 0 saturated carbocycles. The van der Waals surface area contributed by atoms with Crippen LogP contribution in [0.3, 0.4) is 0 Å². The average Bonchev–Trinajstić information content (AvgIpc) is 2.73. The van der Waals surface area contributed by atoms with Gasteiger partial charge in [-0.15, -0.1) is 0 Å². The Balaban J connectivity index is 1.33. The lowest BCUT2D eigenvalue weighted by Crippen LogP contribution is -2.53. The van der Waals surface area contributed by atoms with Gasteiger partial charge in [-0.1, -0.05) is 24.3 Å². The summed E-state index contributed by atoms with van der Waals surface area (Å²) in [6.07, 6.45) is 0. The number of aromatic nitrogens is 1. The van der Waals surface area contributed by atoms with Gasteiger partial charge in [0, 0.05) is 44.7 Å². The van der Waals surface area contributed by atoms with E-state index in [0.717, 1.165) is 24.0 Å². The van der Waals surface area contributed by atoms with Crippen molar-refractivity contribution in [3.8, 4) is 0 Å². The zero-order chi connectivity index (χ0) is 18.6. The maximum atomic E-state index is 12.8. The predicted octanol–water partition coefficient (Wildman–Crippen LogP) is 0.851. The summed E-state index contributed by atoms with van der Waals surface area (Å²) in [6, 6.07) is 11.5. The van der Waals surface area contributed by atoms with Gasteiger partial charge in [0.2, 0.25) is 5.91 Å². The topological polar surface area (TPSA) is 66.0 Å². The fraction of sp³-hybridized carbons (Fsp3) is 0.450. The number of para-hydroxylation sites is 1. The molecule has 2 aliphatic heterocycles. The molecule has 0 N–H and O–H groups in total. The van der Waals surface area contributed by atoms with Crippen LogP contribution in [0.25, 0.3) is 10.9 Å². The molecule has 0 unspecified atom stereocenters. The van der Waals surface area contributed by atoms with Crippen LogP contribution in [0.5, 0.6) is 0 Å². The van der Waals surface area contributed by atoms with Gasteiger partial charge in [0.05, 0.1) is 25.3 Å². The van der Waals surface area contributed by atoms with E-state index in [4.69, 9.17) is 4.74 Å². The van der Waals surface area contributed by atoms with Gasteiger partial charge in [-0.2, -0.15) is 0 Å². The van der Waals surface area contributed by atoms with Crippen molar-refractivity contribution in [2.24, 2.45) is 0 Å². The zero-order valence-corrected chi connectivity index (χ0v) is 15.3. The van der Waals surface area contributed by atoms with Crippen molar-refractivity contribution in [2.45, 2.75) is 0 Å². The van der Waals surface area contributed by atoms with Crippen molar-refractivity contribution < 1.29 is 14.3 Å². The lowest BCUT2D eigenvalue weighted by atomic mass is 10.2. The highest BCUT2D eigenvalue weighted by Crippen LogP contribution is 2.14. The average molecular weight is 368 g/mol. The van der Waals surface area contributed by atoms with E-state index in [1.165, 1.54) is 0 Å². The Labute approximate surface area is 158 Å². The molecule has 1 aromatic heterocycles. The second kappa shape index (κ2) is 8.02. The van der Waals surface area contributed by atoms with E-state index in [-0.39, 0.29) is 11.8 Å². The second-order valence-corrected chi connectivity index (χ2v) is 6.95. The van der Waals surface area contributed by atoms with Crippen LogP contribution in [0.2, 0.25) is 0 Å². The summed E-state index contributed by atoms with van der Waals surface area (Å²) in [4.78, 5) is 35.5. The molecule has 0 atom stereocenters. The van der Waals surface area contributed by atoms with Crippen LogP contribution in [0.1, 0.15) is 10.5 Å². The third-order valence-electron chi connectivity index (χ3n) is 5.20. The summed E-state index contributed by atoms with van der Waals surface area (Å²) < 4.78 is 5.32. The molecule has 0 aliphatic carbocycles. The Kier molecular flexibility index (Phi) is 5.31. The van der Waals surface area contributed by atoms with E-state index in [1.807, 2.05) is 35.2 Å². The number of rotatable bonds is 3. The van der Waals surface area contributed by atoms with Crippen molar-refractivity contribution in [2.75, 3.05) is 59.0 Å². The maximum absolute atomic E-state index is 12.8. The standard InChI is InChI=1S/C20H24N4O3/c25-19(15-22-11-13-27-14-12-22)23-7-9-24(10-8-23)20(26)18-6-5-16-3-1-2-4-17(16)21-18/h1-6H,7-15H2. The predicted molar refractivity (Wildman–Crippen MR) is 101 cm³/mol. The van der Waals surface area contributed by atoms with Crippen molar-refractivity contribution in [3.63, 3.8) is 0 Å². The number of fused-ring (bicyclic) bond motifs is 1. The summed E-state index contributed by atoms with van der Waals surface area (Å²) in [6.45, 7) is 5.65. The maximum Gasteiger partial charge on any atom is 0.272 e. The summed E-state index contributed by atoms with van der Waals surface area (Å²) in [5.41, 5.74) is 1.28. The molecule has 4 rings (SSSR count). The normalized spacial score (nSPS) is 18.7. The van der Waals surface area contributed by atoms with Crippen molar-refractivity contribution in [3.05, 3.63) is 42.1 Å². The highest BCUT2D eigenvalue weighted by molar-refractivity contribution is 5.95. The van der Waals surface area contributed by atoms with Gasteiger partial charge in [-0.3, -0.25) is 14.5 Å². The molecule has 0 radical (unpaired) electrons. The van der Waals surface area contributed by atoms with E-state index in [0.29, 0.717) is 51.6 Å². The molecule has 0 bridgehead atoms. The first kappa shape index (κ1) is 17.9. The van der Waals surface area contributed by atoms with Gasteiger partial charge in [-0.25, -0.2) is 4.98 Å². The van der Waals surface area contributed by atoms with E-state index in [1.54, 1.807) is 11.0 Å². The summed E-state index contributed by atoms with van der Waals surface area (Å²) in [7, 11) is 0. The number of ether oxygens (including phenoxy) is 1. The highest BCUT2D eigenvalue weighted by Gasteiger charge is 2.26. The Bertz CT molecular complexity index is 827. The van der Waals surface area contributed by atoms with E-state index in [2.05, 4.69) is 9.88 Å². The van der Waals surface area contributed by atoms with Gasteiger partial charge in [0.15, 0.2) is 0 Å². The Hall–Kier alpha value is -2.51. The smallest absolute Gasteiger partial charge is 0.272 e. The number of hydrogen-bond acceptors (Lipinski definition) is 5. The SMILES string of the molecule is O=C(CN1CCOCC1)N1CCN(C(=O)c2ccc3ccccc3n2)CC1. The number of hydrogen-bond donors (Lipinski definition) is 0. The quantitative estimate of drug-likeness (QED) is 0.804. The molecular formula is C20H24N4O3. The van der Waals surface area contributed by atoms with Crippen LogP contribution in [-0.2, 0) is 9.53 Å². The zero-order valence-electron chi connectivity index (χ0n) is 15.3. The van der Waals surface area contributed by atoms with Crippen molar-refractivity contribution >= 4 is 22.7 Å². The van der Waals surface area contributed by atoms with Crippen LogP contribution >= 0.6 is 0 Å². The molecule has 2 aromatic rings. The van der Waals surface area contributed by atoms with Gasteiger partial charge in [0.25, 0.3) is 5.91 Å². The Morgan fingerprint density at radius 1 is 0.889 bits per heavy atom. The third-order valence-corrected chi connectivity index (χ3v) is 5.20. The minimum atomic E-state index is -0.0685. The molecule has 27 heavy (non-hydrogen) atoms. The van der Waals surface area contributed by atoms with Crippen LogP contribution < -0.4 is 0 Å². The first-order chi connectivity index (χ1) is 13.2. The number of pyridine rings is 1. The second-order valence-electron chi connectivity index (χ2n) is 6.95. The van der Waals surface area contributed by atoms with Gasteiger partial charge in [-0.05, 0) is 12.1 Å². The largest absolute Gasteiger partial charge is 0.379 e. The number of amides is 2. The molecule has 2 saturated heterocycles.